The Labute approximate surface area is 182 Å². The maximum absolute atomic E-state index is 9.56. The average molecular weight is 470 g/mol. The van der Waals surface area contributed by atoms with Crippen molar-refractivity contribution in [2.24, 2.45) is 5.10 Å². The minimum Gasteiger partial charge on any atom is -0.508 e. The highest BCUT2D eigenvalue weighted by Crippen LogP contribution is 2.21. The van der Waals surface area contributed by atoms with Gasteiger partial charge in [0.1, 0.15) is 5.75 Å². The summed E-state index contributed by atoms with van der Waals surface area (Å²) in [6.07, 6.45) is 1.58. The van der Waals surface area contributed by atoms with Crippen molar-refractivity contribution in [3.05, 3.63) is 58.6 Å². The number of phenols is 1. The van der Waals surface area contributed by atoms with Crippen LogP contribution in [-0.4, -0.2) is 52.6 Å². The van der Waals surface area contributed by atoms with E-state index in [1.807, 2.05) is 35.2 Å². The predicted octanol–water partition coefficient (Wildman–Crippen LogP) is 3.37. The second-order valence-corrected chi connectivity index (χ2v) is 7.40. The third-order valence-corrected chi connectivity index (χ3v) is 4.74. The lowest BCUT2D eigenvalue weighted by atomic mass is 10.2. The van der Waals surface area contributed by atoms with Crippen LogP contribution in [-0.2, 0) is 4.74 Å². The van der Waals surface area contributed by atoms with Crippen LogP contribution in [0, 0.1) is 0 Å². The number of nitrogens with one attached hydrogen (secondary N) is 2. The van der Waals surface area contributed by atoms with E-state index in [-0.39, 0.29) is 5.75 Å². The SMILES string of the molecule is Oc1cccc(/C=N\Nc2nc(Nc3cccc(Br)c3)nc(N3CCOCC3)n2)c1. The molecule has 10 heteroatoms. The van der Waals surface area contributed by atoms with Gasteiger partial charge in [-0.3, -0.25) is 0 Å². The Hall–Kier alpha value is -3.24. The van der Waals surface area contributed by atoms with Crippen LogP contribution in [0.4, 0.5) is 23.5 Å². The fourth-order valence-corrected chi connectivity index (χ4v) is 3.24. The van der Waals surface area contributed by atoms with E-state index in [1.54, 1.807) is 24.4 Å². The first-order chi connectivity index (χ1) is 14.7. The lowest BCUT2D eigenvalue weighted by Gasteiger charge is -2.27. The number of hydrogen-bond donors (Lipinski definition) is 3. The van der Waals surface area contributed by atoms with Gasteiger partial charge in [-0.25, -0.2) is 5.43 Å². The Morgan fingerprint density at radius 3 is 2.63 bits per heavy atom. The van der Waals surface area contributed by atoms with Crippen LogP contribution in [0.5, 0.6) is 5.75 Å². The summed E-state index contributed by atoms with van der Waals surface area (Å²) in [5, 5.41) is 17.0. The fraction of sp³-hybridized carbons (Fsp3) is 0.200. The van der Waals surface area contributed by atoms with Crippen LogP contribution in [0.25, 0.3) is 0 Å². The molecule has 0 spiro atoms. The number of aromatic hydroxyl groups is 1. The van der Waals surface area contributed by atoms with Crippen molar-refractivity contribution in [3.63, 3.8) is 0 Å². The predicted molar refractivity (Wildman–Crippen MR) is 120 cm³/mol. The van der Waals surface area contributed by atoms with Gasteiger partial charge in [-0.15, -0.1) is 0 Å². The molecule has 1 aromatic heterocycles. The molecule has 0 atom stereocenters. The first-order valence-electron chi connectivity index (χ1n) is 9.35. The summed E-state index contributed by atoms with van der Waals surface area (Å²) in [4.78, 5) is 15.5. The van der Waals surface area contributed by atoms with Gasteiger partial charge >= 0.3 is 0 Å². The quantitative estimate of drug-likeness (QED) is 0.372. The molecular weight excluding hydrogens is 450 g/mol. The zero-order valence-electron chi connectivity index (χ0n) is 16.0. The number of benzene rings is 2. The molecule has 0 saturated carbocycles. The van der Waals surface area contributed by atoms with Gasteiger partial charge in [0.15, 0.2) is 0 Å². The standard InChI is InChI=1S/C20H20BrN7O2/c21-15-4-2-5-16(12-15)23-18-24-19(26-20(25-18)28-7-9-30-10-8-28)27-22-13-14-3-1-6-17(29)11-14/h1-6,11-13,29H,7-10H2,(H2,23,24,25,26,27)/b22-13-. The zero-order valence-corrected chi connectivity index (χ0v) is 17.6. The second-order valence-electron chi connectivity index (χ2n) is 6.48. The maximum atomic E-state index is 9.56. The molecule has 2 heterocycles. The van der Waals surface area contributed by atoms with Crippen molar-refractivity contribution in [1.29, 1.82) is 0 Å². The molecule has 1 aliphatic rings. The number of anilines is 4. The number of aromatic nitrogens is 3. The Bertz CT molecular complexity index is 1040. The molecule has 0 bridgehead atoms. The van der Waals surface area contributed by atoms with Crippen LogP contribution >= 0.6 is 15.9 Å². The molecule has 1 fully saturated rings. The molecule has 4 rings (SSSR count). The van der Waals surface area contributed by atoms with E-state index in [4.69, 9.17) is 4.74 Å². The van der Waals surface area contributed by atoms with Gasteiger partial charge in [0.05, 0.1) is 19.4 Å². The Balaban J connectivity index is 1.57. The van der Waals surface area contributed by atoms with E-state index in [0.717, 1.165) is 15.7 Å². The van der Waals surface area contributed by atoms with Gasteiger partial charge in [0.2, 0.25) is 17.8 Å². The zero-order chi connectivity index (χ0) is 20.8. The molecule has 0 unspecified atom stereocenters. The third kappa shape index (κ3) is 5.43. The second kappa shape index (κ2) is 9.51. The maximum Gasteiger partial charge on any atom is 0.250 e. The number of rotatable bonds is 6. The summed E-state index contributed by atoms with van der Waals surface area (Å²) < 4.78 is 6.37. The smallest absolute Gasteiger partial charge is 0.250 e. The van der Waals surface area contributed by atoms with Crippen molar-refractivity contribution in [2.75, 3.05) is 41.9 Å². The summed E-state index contributed by atoms with van der Waals surface area (Å²) in [6, 6.07) is 14.5. The molecule has 3 N–H and O–H groups in total. The highest BCUT2D eigenvalue weighted by Gasteiger charge is 2.16. The molecule has 0 radical (unpaired) electrons. The third-order valence-electron chi connectivity index (χ3n) is 4.25. The minimum atomic E-state index is 0.175. The highest BCUT2D eigenvalue weighted by atomic mass is 79.9. The molecule has 2 aromatic carbocycles. The van der Waals surface area contributed by atoms with E-state index >= 15 is 0 Å². The summed E-state index contributed by atoms with van der Waals surface area (Å²) in [6.45, 7) is 2.65. The lowest BCUT2D eigenvalue weighted by molar-refractivity contribution is 0.122. The number of hydrogen-bond acceptors (Lipinski definition) is 9. The topological polar surface area (TPSA) is 108 Å². The van der Waals surface area contributed by atoms with Gasteiger partial charge in [0, 0.05) is 23.2 Å². The van der Waals surface area contributed by atoms with E-state index in [9.17, 15) is 5.11 Å². The van der Waals surface area contributed by atoms with Crippen LogP contribution in [0.1, 0.15) is 5.56 Å². The van der Waals surface area contributed by atoms with Gasteiger partial charge in [0.25, 0.3) is 0 Å². The molecule has 3 aromatic rings. The van der Waals surface area contributed by atoms with Crippen LogP contribution in [0.2, 0.25) is 0 Å². The Kier molecular flexibility index (Phi) is 6.35. The number of phenolic OH excluding ortho intramolecular Hbond substituents is 1. The number of morpholine rings is 1. The van der Waals surface area contributed by atoms with Crippen molar-refractivity contribution in [2.45, 2.75) is 0 Å². The number of nitrogens with zero attached hydrogens (tertiary/aromatic N) is 5. The summed E-state index contributed by atoms with van der Waals surface area (Å²) in [5.41, 5.74) is 4.44. The molecule has 1 saturated heterocycles. The lowest BCUT2D eigenvalue weighted by Crippen LogP contribution is -2.37. The monoisotopic (exact) mass is 469 g/mol. The molecule has 1 aliphatic heterocycles. The van der Waals surface area contributed by atoms with Gasteiger partial charge in [-0.1, -0.05) is 34.1 Å². The Morgan fingerprint density at radius 2 is 1.83 bits per heavy atom. The molecule has 30 heavy (non-hydrogen) atoms. The Morgan fingerprint density at radius 1 is 1.03 bits per heavy atom. The van der Waals surface area contributed by atoms with Crippen molar-refractivity contribution < 1.29 is 9.84 Å². The van der Waals surface area contributed by atoms with Crippen molar-refractivity contribution in [1.82, 2.24) is 15.0 Å². The summed E-state index contributed by atoms with van der Waals surface area (Å²) in [7, 11) is 0. The number of halogens is 1. The molecule has 9 nitrogen and oxygen atoms in total. The van der Waals surface area contributed by atoms with Crippen LogP contribution in [0.15, 0.2) is 58.1 Å². The van der Waals surface area contributed by atoms with E-state index < -0.39 is 0 Å². The van der Waals surface area contributed by atoms with Gasteiger partial charge in [-0.05, 0) is 35.9 Å². The van der Waals surface area contributed by atoms with Gasteiger partial charge < -0.3 is 20.1 Å². The fourth-order valence-electron chi connectivity index (χ4n) is 2.84. The molecule has 0 aliphatic carbocycles. The van der Waals surface area contributed by atoms with E-state index in [1.165, 1.54) is 0 Å². The normalized spacial score (nSPS) is 14.1. The molecular formula is C20H20BrN7O2. The average Bonchev–Trinajstić information content (AvgIpc) is 2.74. The number of hydrazone groups is 1. The highest BCUT2D eigenvalue weighted by molar-refractivity contribution is 9.10. The summed E-state index contributed by atoms with van der Waals surface area (Å²) >= 11 is 3.46. The summed E-state index contributed by atoms with van der Waals surface area (Å²) in [5.74, 6) is 1.43. The molecule has 0 amide bonds. The van der Waals surface area contributed by atoms with E-state index in [0.29, 0.717) is 44.1 Å². The van der Waals surface area contributed by atoms with Crippen molar-refractivity contribution >= 4 is 45.7 Å². The largest absolute Gasteiger partial charge is 0.508 e. The van der Waals surface area contributed by atoms with Crippen molar-refractivity contribution in [3.8, 4) is 5.75 Å². The minimum absolute atomic E-state index is 0.175. The number of ether oxygens (including phenoxy) is 1. The first kappa shape index (κ1) is 20.0. The van der Waals surface area contributed by atoms with Crippen LogP contribution < -0.4 is 15.6 Å². The van der Waals surface area contributed by atoms with Crippen LogP contribution in [0.3, 0.4) is 0 Å². The molecule has 154 valence electrons. The van der Waals surface area contributed by atoms with Gasteiger partial charge in [-0.2, -0.15) is 20.1 Å². The first-order valence-corrected chi connectivity index (χ1v) is 10.1. The van der Waals surface area contributed by atoms with E-state index in [2.05, 4.69) is 46.7 Å².